The Kier molecular flexibility index (Phi) is 4.34. The van der Waals surface area contributed by atoms with Crippen molar-refractivity contribution in [2.45, 2.75) is 13.3 Å². The largest absolute Gasteiger partial charge is 0.338 e. The van der Waals surface area contributed by atoms with Gasteiger partial charge in [-0.05, 0) is 31.0 Å². The number of rotatable bonds is 3. The van der Waals surface area contributed by atoms with Crippen molar-refractivity contribution in [3.63, 3.8) is 0 Å². The zero-order chi connectivity index (χ0) is 16.4. The number of halogens is 1. The van der Waals surface area contributed by atoms with Crippen LogP contribution in [-0.2, 0) is 4.79 Å². The number of aromatic amines is 1. The molecule has 2 amide bonds. The van der Waals surface area contributed by atoms with Gasteiger partial charge in [0.2, 0.25) is 5.91 Å². The molecule has 0 spiro atoms. The summed E-state index contributed by atoms with van der Waals surface area (Å²) in [5, 5.41) is 9.65. The van der Waals surface area contributed by atoms with Crippen LogP contribution in [0.3, 0.4) is 0 Å². The maximum atomic E-state index is 12.6. The Labute approximate surface area is 138 Å². The average molecular weight is 333 g/mol. The van der Waals surface area contributed by atoms with Crippen molar-refractivity contribution in [3.8, 4) is 0 Å². The Balaban J connectivity index is 1.65. The minimum absolute atomic E-state index is 0.100. The minimum Gasteiger partial charge on any atom is -0.338 e. The number of anilines is 1. The lowest BCUT2D eigenvalue weighted by atomic mass is 10.1. The molecule has 7 heteroatoms. The van der Waals surface area contributed by atoms with Gasteiger partial charge in [-0.1, -0.05) is 17.7 Å². The highest BCUT2D eigenvalue weighted by Gasteiger charge is 2.32. The molecule has 1 saturated heterocycles. The lowest BCUT2D eigenvalue weighted by Crippen LogP contribution is -2.31. The van der Waals surface area contributed by atoms with Crippen molar-refractivity contribution >= 4 is 29.1 Å². The third-order valence-electron chi connectivity index (χ3n) is 3.97. The van der Waals surface area contributed by atoms with Crippen LogP contribution < -0.4 is 5.32 Å². The van der Waals surface area contributed by atoms with E-state index in [0.29, 0.717) is 35.8 Å². The van der Waals surface area contributed by atoms with Gasteiger partial charge in [-0.25, -0.2) is 0 Å². The molecule has 6 nitrogen and oxygen atoms in total. The van der Waals surface area contributed by atoms with Crippen LogP contribution in [0.4, 0.5) is 5.69 Å². The molecule has 2 N–H and O–H groups in total. The third-order valence-corrected chi connectivity index (χ3v) is 4.28. The number of nitrogens with one attached hydrogen (secondary N) is 2. The topological polar surface area (TPSA) is 78.1 Å². The summed E-state index contributed by atoms with van der Waals surface area (Å²) < 4.78 is 0. The highest BCUT2D eigenvalue weighted by Crippen LogP contribution is 2.24. The van der Waals surface area contributed by atoms with E-state index in [9.17, 15) is 9.59 Å². The summed E-state index contributed by atoms with van der Waals surface area (Å²) >= 11 is 6.16. The second-order valence-corrected chi connectivity index (χ2v) is 6.10. The molecule has 120 valence electrons. The van der Waals surface area contributed by atoms with Gasteiger partial charge in [0.25, 0.3) is 5.91 Å². The minimum atomic E-state index is -0.224. The number of H-pyrrole nitrogens is 1. The fraction of sp³-hybridized carbons (Fsp3) is 0.312. The number of hydrogen-bond donors (Lipinski definition) is 2. The first-order chi connectivity index (χ1) is 11.0. The van der Waals surface area contributed by atoms with Crippen LogP contribution in [0, 0.1) is 12.8 Å². The molecule has 0 saturated carbocycles. The summed E-state index contributed by atoms with van der Waals surface area (Å²) in [7, 11) is 0. The molecule has 3 rings (SSSR count). The molecule has 2 heterocycles. The van der Waals surface area contributed by atoms with E-state index in [1.165, 1.54) is 0 Å². The molecule has 0 aliphatic carbocycles. The Morgan fingerprint density at radius 3 is 2.96 bits per heavy atom. The molecule has 1 atom stereocenters. The number of benzene rings is 1. The molecule has 1 fully saturated rings. The number of likely N-dealkylation sites (tertiary alicyclic amines) is 1. The van der Waals surface area contributed by atoms with E-state index >= 15 is 0 Å². The molecular formula is C16H17ClN4O2. The number of hydrogen-bond acceptors (Lipinski definition) is 3. The second kappa shape index (κ2) is 6.42. The third kappa shape index (κ3) is 3.37. The predicted molar refractivity (Wildman–Crippen MR) is 87.4 cm³/mol. The number of aromatic nitrogens is 2. The molecule has 1 aromatic heterocycles. The number of amides is 2. The van der Waals surface area contributed by atoms with Gasteiger partial charge < -0.3 is 10.2 Å². The van der Waals surface area contributed by atoms with Gasteiger partial charge in [0.1, 0.15) is 0 Å². The lowest BCUT2D eigenvalue weighted by Gasteiger charge is -2.17. The van der Waals surface area contributed by atoms with Crippen LogP contribution in [0.5, 0.6) is 0 Å². The molecule has 0 radical (unpaired) electrons. The Bertz CT molecular complexity index is 730. The zero-order valence-electron chi connectivity index (χ0n) is 12.7. The molecule has 0 bridgehead atoms. The van der Waals surface area contributed by atoms with Crippen molar-refractivity contribution in [3.05, 3.63) is 46.7 Å². The van der Waals surface area contributed by atoms with Gasteiger partial charge in [-0.2, -0.15) is 5.10 Å². The standard InChI is InChI=1S/C16H17ClN4O2/c1-10-2-3-13(14(17)6-10)16(23)21-5-4-11(9-21)15(22)20-12-7-18-19-8-12/h2-3,6-8,11H,4-5,9H2,1H3,(H,18,19)(H,20,22). The fourth-order valence-corrected chi connectivity index (χ4v) is 3.00. The van der Waals surface area contributed by atoms with Crippen LogP contribution in [-0.4, -0.2) is 40.0 Å². The quantitative estimate of drug-likeness (QED) is 0.906. The normalized spacial score (nSPS) is 17.3. The molecule has 1 unspecified atom stereocenters. The van der Waals surface area contributed by atoms with E-state index in [-0.39, 0.29) is 17.7 Å². The van der Waals surface area contributed by atoms with Crippen molar-refractivity contribution in [2.75, 3.05) is 18.4 Å². The van der Waals surface area contributed by atoms with Gasteiger partial charge in [0, 0.05) is 19.3 Å². The maximum Gasteiger partial charge on any atom is 0.255 e. The predicted octanol–water partition coefficient (Wildman–Crippen LogP) is 2.47. The van der Waals surface area contributed by atoms with E-state index in [0.717, 1.165) is 5.56 Å². The molecule has 1 aliphatic rings. The van der Waals surface area contributed by atoms with Crippen LogP contribution in [0.1, 0.15) is 22.3 Å². The number of carbonyl (C=O) groups is 2. The maximum absolute atomic E-state index is 12.6. The van der Waals surface area contributed by atoms with E-state index < -0.39 is 0 Å². The Morgan fingerprint density at radius 1 is 1.43 bits per heavy atom. The fourth-order valence-electron chi connectivity index (χ4n) is 2.69. The van der Waals surface area contributed by atoms with Crippen molar-refractivity contribution in [2.24, 2.45) is 5.92 Å². The van der Waals surface area contributed by atoms with Crippen LogP contribution >= 0.6 is 11.6 Å². The van der Waals surface area contributed by atoms with Crippen molar-refractivity contribution in [1.82, 2.24) is 15.1 Å². The summed E-state index contributed by atoms with van der Waals surface area (Å²) in [4.78, 5) is 26.4. The molecule has 1 aliphatic heterocycles. The van der Waals surface area contributed by atoms with E-state index in [1.54, 1.807) is 29.4 Å². The number of carbonyl (C=O) groups excluding carboxylic acids is 2. The summed E-state index contributed by atoms with van der Waals surface area (Å²) in [6, 6.07) is 5.37. The SMILES string of the molecule is Cc1ccc(C(=O)N2CCC(C(=O)Nc3cn[nH]c3)C2)c(Cl)c1. The zero-order valence-corrected chi connectivity index (χ0v) is 13.4. The van der Waals surface area contributed by atoms with Crippen molar-refractivity contribution in [1.29, 1.82) is 0 Å². The van der Waals surface area contributed by atoms with Gasteiger partial charge >= 0.3 is 0 Å². The summed E-state index contributed by atoms with van der Waals surface area (Å²) in [5.74, 6) is -0.455. The van der Waals surface area contributed by atoms with Crippen LogP contribution in [0.2, 0.25) is 5.02 Å². The second-order valence-electron chi connectivity index (χ2n) is 5.70. The molecule has 23 heavy (non-hydrogen) atoms. The summed E-state index contributed by atoms with van der Waals surface area (Å²) in [5.41, 5.74) is 2.11. The summed E-state index contributed by atoms with van der Waals surface area (Å²) in [6.45, 7) is 2.87. The van der Waals surface area contributed by atoms with Gasteiger partial charge in [0.15, 0.2) is 0 Å². The van der Waals surface area contributed by atoms with Gasteiger partial charge in [-0.3, -0.25) is 14.7 Å². The highest BCUT2D eigenvalue weighted by atomic mass is 35.5. The van der Waals surface area contributed by atoms with Gasteiger partial charge in [0.05, 0.1) is 28.4 Å². The summed E-state index contributed by atoms with van der Waals surface area (Å²) in [6.07, 6.45) is 3.79. The first-order valence-electron chi connectivity index (χ1n) is 7.39. The monoisotopic (exact) mass is 332 g/mol. The van der Waals surface area contributed by atoms with E-state index in [4.69, 9.17) is 11.6 Å². The van der Waals surface area contributed by atoms with E-state index in [2.05, 4.69) is 15.5 Å². The average Bonchev–Trinajstić information content (AvgIpc) is 3.17. The highest BCUT2D eigenvalue weighted by molar-refractivity contribution is 6.33. The Morgan fingerprint density at radius 2 is 2.26 bits per heavy atom. The van der Waals surface area contributed by atoms with Crippen LogP contribution in [0.15, 0.2) is 30.6 Å². The van der Waals surface area contributed by atoms with Crippen molar-refractivity contribution < 1.29 is 9.59 Å². The lowest BCUT2D eigenvalue weighted by molar-refractivity contribution is -0.119. The van der Waals surface area contributed by atoms with E-state index in [1.807, 2.05) is 13.0 Å². The van der Waals surface area contributed by atoms with Gasteiger partial charge in [-0.15, -0.1) is 0 Å². The first kappa shape index (κ1) is 15.6. The Hall–Kier alpha value is -2.34. The molecule has 1 aromatic carbocycles. The molecular weight excluding hydrogens is 316 g/mol. The molecule has 2 aromatic rings. The van der Waals surface area contributed by atoms with Crippen LogP contribution in [0.25, 0.3) is 0 Å². The number of nitrogens with zero attached hydrogens (tertiary/aromatic N) is 2. The first-order valence-corrected chi connectivity index (χ1v) is 7.77. The smallest absolute Gasteiger partial charge is 0.255 e. The number of aryl methyl sites for hydroxylation is 1.